The Kier molecular flexibility index (Phi) is 6.74. The van der Waals surface area contributed by atoms with Crippen molar-refractivity contribution >= 4 is 15.9 Å². The number of halogens is 1. The van der Waals surface area contributed by atoms with Crippen LogP contribution in [0.5, 0.6) is 0 Å². The molecule has 0 aromatic heterocycles. The van der Waals surface area contributed by atoms with Crippen LogP contribution in [0.2, 0.25) is 0 Å². The molecule has 0 heterocycles. The van der Waals surface area contributed by atoms with E-state index in [0.29, 0.717) is 12.0 Å². The van der Waals surface area contributed by atoms with E-state index in [0.717, 1.165) is 24.8 Å². The monoisotopic (exact) mass is 284 g/mol. The highest BCUT2D eigenvalue weighted by Crippen LogP contribution is 2.15. The summed E-state index contributed by atoms with van der Waals surface area (Å²) >= 11 is 3.59. The number of ether oxygens (including phenoxy) is 1. The van der Waals surface area contributed by atoms with Crippen LogP contribution in [0.1, 0.15) is 25.8 Å². The molecule has 0 aliphatic heterocycles. The van der Waals surface area contributed by atoms with Crippen molar-refractivity contribution in [1.29, 1.82) is 0 Å². The van der Waals surface area contributed by atoms with Crippen molar-refractivity contribution in [2.45, 2.75) is 32.8 Å². The Labute approximate surface area is 107 Å². The van der Waals surface area contributed by atoms with Gasteiger partial charge in [0.25, 0.3) is 0 Å². The summed E-state index contributed by atoms with van der Waals surface area (Å²) in [5.41, 5.74) is 1.41. The second kappa shape index (κ2) is 7.86. The van der Waals surface area contributed by atoms with E-state index >= 15 is 0 Å². The minimum atomic E-state index is 0.340. The zero-order valence-electron chi connectivity index (χ0n) is 10.2. The highest BCUT2D eigenvalue weighted by atomic mass is 79.9. The maximum atomic E-state index is 5.59. The molecule has 0 fully saturated rings. The Hall–Kier alpha value is -0.340. The molecule has 1 nitrogen and oxygen atoms in total. The van der Waals surface area contributed by atoms with Gasteiger partial charge in [-0.3, -0.25) is 0 Å². The molecule has 1 unspecified atom stereocenters. The number of alkyl halides is 1. The largest absolute Gasteiger partial charge is 0.379 e. The van der Waals surface area contributed by atoms with E-state index in [2.05, 4.69) is 60.1 Å². The highest BCUT2D eigenvalue weighted by molar-refractivity contribution is 9.09. The third-order valence-corrected chi connectivity index (χ3v) is 3.48. The molecule has 0 saturated heterocycles. The summed E-state index contributed by atoms with van der Waals surface area (Å²) in [4.78, 5) is 0. The van der Waals surface area contributed by atoms with Crippen LogP contribution in [-0.4, -0.2) is 18.0 Å². The van der Waals surface area contributed by atoms with Gasteiger partial charge < -0.3 is 4.74 Å². The van der Waals surface area contributed by atoms with E-state index in [-0.39, 0.29) is 0 Å². The molecular weight excluding hydrogens is 264 g/mol. The van der Waals surface area contributed by atoms with Crippen molar-refractivity contribution in [2.24, 2.45) is 5.92 Å². The number of benzene rings is 1. The van der Waals surface area contributed by atoms with Crippen LogP contribution in [0.3, 0.4) is 0 Å². The van der Waals surface area contributed by atoms with Gasteiger partial charge in [0, 0.05) is 11.9 Å². The quantitative estimate of drug-likeness (QED) is 0.687. The summed E-state index contributed by atoms with van der Waals surface area (Å²) in [6, 6.07) is 10.7. The first kappa shape index (κ1) is 13.7. The maximum absolute atomic E-state index is 5.59. The van der Waals surface area contributed by atoms with Crippen LogP contribution < -0.4 is 0 Å². The minimum Gasteiger partial charge on any atom is -0.379 e. The molecule has 0 saturated carbocycles. The molecule has 0 bridgehead atoms. The lowest BCUT2D eigenvalue weighted by molar-refractivity contribution is 0.0701. The number of rotatable bonds is 7. The molecule has 16 heavy (non-hydrogen) atoms. The molecule has 90 valence electrons. The van der Waals surface area contributed by atoms with Gasteiger partial charge >= 0.3 is 0 Å². The molecule has 1 rings (SSSR count). The average molecular weight is 285 g/mol. The lowest BCUT2D eigenvalue weighted by atomic mass is 9.98. The van der Waals surface area contributed by atoms with E-state index < -0.39 is 0 Å². The zero-order chi connectivity index (χ0) is 11.8. The Bertz CT molecular complexity index is 271. The zero-order valence-corrected chi connectivity index (χ0v) is 11.7. The Morgan fingerprint density at radius 2 is 1.88 bits per heavy atom. The Morgan fingerprint density at radius 1 is 1.19 bits per heavy atom. The fourth-order valence-corrected chi connectivity index (χ4v) is 2.20. The normalized spacial score (nSPS) is 13.0. The molecule has 0 spiro atoms. The summed E-state index contributed by atoms with van der Waals surface area (Å²) in [5, 5.41) is 1.04. The summed E-state index contributed by atoms with van der Waals surface area (Å²) < 4.78 is 5.59. The SMILES string of the molecule is CC(C)OCCC(CBr)Cc1ccccc1. The number of hydrogen-bond donors (Lipinski definition) is 0. The molecule has 0 aliphatic rings. The van der Waals surface area contributed by atoms with Gasteiger partial charge in [-0.05, 0) is 38.2 Å². The minimum absolute atomic E-state index is 0.340. The van der Waals surface area contributed by atoms with Gasteiger partial charge in [-0.2, -0.15) is 0 Å². The van der Waals surface area contributed by atoms with Crippen molar-refractivity contribution in [2.75, 3.05) is 11.9 Å². The Morgan fingerprint density at radius 3 is 2.44 bits per heavy atom. The second-order valence-corrected chi connectivity index (χ2v) is 5.07. The van der Waals surface area contributed by atoms with Gasteiger partial charge in [0.05, 0.1) is 6.10 Å². The smallest absolute Gasteiger partial charge is 0.0518 e. The predicted octanol–water partition coefficient (Wildman–Crippen LogP) is 4.06. The molecule has 1 aromatic carbocycles. The van der Waals surface area contributed by atoms with Gasteiger partial charge in [0.2, 0.25) is 0 Å². The lowest BCUT2D eigenvalue weighted by Gasteiger charge is -2.15. The number of hydrogen-bond acceptors (Lipinski definition) is 1. The van der Waals surface area contributed by atoms with Gasteiger partial charge in [-0.25, -0.2) is 0 Å². The van der Waals surface area contributed by atoms with Crippen molar-refractivity contribution in [3.63, 3.8) is 0 Å². The van der Waals surface area contributed by atoms with Crippen LogP contribution in [0, 0.1) is 5.92 Å². The first-order valence-electron chi connectivity index (χ1n) is 5.94. The molecule has 1 atom stereocenters. The molecule has 0 N–H and O–H groups in total. The fourth-order valence-electron chi connectivity index (χ4n) is 1.65. The molecular formula is C14H21BrO. The standard InChI is InChI=1S/C14H21BrO/c1-12(2)16-9-8-14(11-15)10-13-6-4-3-5-7-13/h3-7,12,14H,8-11H2,1-2H3. The van der Waals surface area contributed by atoms with Crippen LogP contribution in [0.15, 0.2) is 30.3 Å². The molecule has 0 amide bonds. The van der Waals surface area contributed by atoms with Crippen LogP contribution >= 0.6 is 15.9 Å². The summed E-state index contributed by atoms with van der Waals surface area (Å²) in [7, 11) is 0. The van der Waals surface area contributed by atoms with E-state index in [4.69, 9.17) is 4.74 Å². The molecule has 2 heteroatoms. The van der Waals surface area contributed by atoms with Crippen LogP contribution in [-0.2, 0) is 11.2 Å². The maximum Gasteiger partial charge on any atom is 0.0518 e. The third-order valence-electron chi connectivity index (χ3n) is 2.56. The van der Waals surface area contributed by atoms with Crippen molar-refractivity contribution in [3.05, 3.63) is 35.9 Å². The fraction of sp³-hybridized carbons (Fsp3) is 0.571. The molecule has 0 aliphatic carbocycles. The van der Waals surface area contributed by atoms with Gasteiger partial charge in [-0.15, -0.1) is 0 Å². The Balaban J connectivity index is 2.32. The first-order valence-corrected chi connectivity index (χ1v) is 7.06. The van der Waals surface area contributed by atoms with Crippen LogP contribution in [0.4, 0.5) is 0 Å². The highest BCUT2D eigenvalue weighted by Gasteiger charge is 2.08. The van der Waals surface area contributed by atoms with Crippen molar-refractivity contribution in [3.8, 4) is 0 Å². The average Bonchev–Trinajstić information content (AvgIpc) is 2.28. The molecule has 1 aromatic rings. The van der Waals surface area contributed by atoms with Crippen molar-refractivity contribution in [1.82, 2.24) is 0 Å². The summed E-state index contributed by atoms with van der Waals surface area (Å²) in [6.45, 7) is 5.03. The summed E-state index contributed by atoms with van der Waals surface area (Å²) in [6.07, 6.45) is 2.60. The first-order chi connectivity index (χ1) is 7.72. The van der Waals surface area contributed by atoms with Gasteiger partial charge in [0.15, 0.2) is 0 Å². The topological polar surface area (TPSA) is 9.23 Å². The van der Waals surface area contributed by atoms with Crippen molar-refractivity contribution < 1.29 is 4.74 Å². The van der Waals surface area contributed by atoms with E-state index in [1.807, 2.05) is 0 Å². The van der Waals surface area contributed by atoms with Gasteiger partial charge in [0.1, 0.15) is 0 Å². The predicted molar refractivity (Wildman–Crippen MR) is 73.1 cm³/mol. The second-order valence-electron chi connectivity index (χ2n) is 4.42. The van der Waals surface area contributed by atoms with E-state index in [1.165, 1.54) is 5.56 Å². The van der Waals surface area contributed by atoms with E-state index in [9.17, 15) is 0 Å². The summed E-state index contributed by atoms with van der Waals surface area (Å²) in [5.74, 6) is 0.668. The lowest BCUT2D eigenvalue weighted by Crippen LogP contribution is -2.12. The van der Waals surface area contributed by atoms with E-state index in [1.54, 1.807) is 0 Å². The van der Waals surface area contributed by atoms with Gasteiger partial charge in [-0.1, -0.05) is 46.3 Å². The third kappa shape index (κ3) is 5.66. The van der Waals surface area contributed by atoms with Crippen LogP contribution in [0.25, 0.3) is 0 Å². The molecule has 0 radical (unpaired) electrons.